The number of rotatable bonds is 9. The minimum atomic E-state index is -0.603. The van der Waals surface area contributed by atoms with Crippen LogP contribution in [0.2, 0.25) is 0 Å². The largest absolute Gasteiger partial charge is 0.490 e. The molecule has 0 spiro atoms. The number of amides is 1. The van der Waals surface area contributed by atoms with Gasteiger partial charge >= 0.3 is 0 Å². The lowest BCUT2D eigenvalue weighted by molar-refractivity contribution is -0.385. The monoisotopic (exact) mass is 416 g/mol. The van der Waals surface area contributed by atoms with Gasteiger partial charge in [0, 0.05) is 12.6 Å². The molecular formula is C21H24N2O7. The van der Waals surface area contributed by atoms with Crippen molar-refractivity contribution >= 4 is 11.6 Å². The van der Waals surface area contributed by atoms with Crippen LogP contribution >= 0.6 is 0 Å². The summed E-state index contributed by atoms with van der Waals surface area (Å²) >= 11 is 0. The molecular weight excluding hydrogens is 392 g/mol. The highest BCUT2D eigenvalue weighted by Crippen LogP contribution is 2.36. The van der Waals surface area contributed by atoms with Crippen LogP contribution in [0, 0.1) is 10.1 Å². The molecule has 3 rings (SSSR count). The maximum Gasteiger partial charge on any atom is 0.286 e. The van der Waals surface area contributed by atoms with Gasteiger partial charge in [-0.25, -0.2) is 0 Å². The SMILES string of the molecule is CCOc1ccc(CCNC(=O)c2cc3c(cc2[N+](=O)[O-])OCCO3)cc1OCC. The van der Waals surface area contributed by atoms with Crippen molar-refractivity contribution in [3.63, 3.8) is 0 Å². The first-order valence-corrected chi connectivity index (χ1v) is 9.78. The molecule has 0 aromatic heterocycles. The summed E-state index contributed by atoms with van der Waals surface area (Å²) in [6.07, 6.45) is 0.524. The highest BCUT2D eigenvalue weighted by atomic mass is 16.6. The van der Waals surface area contributed by atoms with Gasteiger partial charge < -0.3 is 24.3 Å². The molecule has 1 amide bonds. The quantitative estimate of drug-likeness (QED) is 0.494. The van der Waals surface area contributed by atoms with Gasteiger partial charge in [-0.15, -0.1) is 0 Å². The molecule has 9 heteroatoms. The van der Waals surface area contributed by atoms with E-state index in [2.05, 4.69) is 5.32 Å². The van der Waals surface area contributed by atoms with Gasteiger partial charge in [0.1, 0.15) is 18.8 Å². The topological polar surface area (TPSA) is 109 Å². The number of nitrogens with one attached hydrogen (secondary N) is 1. The van der Waals surface area contributed by atoms with Crippen LogP contribution in [0.25, 0.3) is 0 Å². The molecule has 0 radical (unpaired) electrons. The van der Waals surface area contributed by atoms with E-state index in [0.29, 0.717) is 56.6 Å². The molecule has 0 saturated carbocycles. The summed E-state index contributed by atoms with van der Waals surface area (Å²) in [4.78, 5) is 23.4. The Morgan fingerprint density at radius 2 is 1.73 bits per heavy atom. The molecule has 2 aromatic rings. The molecule has 2 aromatic carbocycles. The molecule has 160 valence electrons. The Balaban J connectivity index is 1.69. The predicted octanol–water partition coefficient (Wildman–Crippen LogP) is 3.14. The second kappa shape index (κ2) is 9.82. The van der Waals surface area contributed by atoms with E-state index in [0.717, 1.165) is 5.56 Å². The second-order valence-electron chi connectivity index (χ2n) is 6.42. The Morgan fingerprint density at radius 3 is 2.40 bits per heavy atom. The second-order valence-corrected chi connectivity index (χ2v) is 6.42. The molecule has 0 saturated heterocycles. The lowest BCUT2D eigenvalue weighted by atomic mass is 10.1. The molecule has 9 nitrogen and oxygen atoms in total. The third-order valence-corrected chi connectivity index (χ3v) is 4.41. The molecule has 1 aliphatic heterocycles. The summed E-state index contributed by atoms with van der Waals surface area (Å²) in [5, 5.41) is 14.1. The maximum absolute atomic E-state index is 12.6. The lowest BCUT2D eigenvalue weighted by Gasteiger charge is -2.19. The van der Waals surface area contributed by atoms with Crippen LogP contribution in [0.3, 0.4) is 0 Å². The molecule has 1 N–H and O–H groups in total. The Labute approximate surface area is 174 Å². The van der Waals surface area contributed by atoms with Gasteiger partial charge in [0.05, 0.1) is 24.2 Å². The number of ether oxygens (including phenoxy) is 4. The van der Waals surface area contributed by atoms with Crippen LogP contribution in [-0.4, -0.2) is 43.8 Å². The Morgan fingerprint density at radius 1 is 1.07 bits per heavy atom. The Hall–Kier alpha value is -3.49. The number of carbonyl (C=O) groups excluding carboxylic acids is 1. The first kappa shape index (κ1) is 21.2. The average molecular weight is 416 g/mol. The first-order valence-electron chi connectivity index (χ1n) is 9.78. The zero-order valence-electron chi connectivity index (χ0n) is 16.9. The van der Waals surface area contributed by atoms with E-state index in [4.69, 9.17) is 18.9 Å². The number of nitrogens with zero attached hydrogens (tertiary/aromatic N) is 1. The third-order valence-electron chi connectivity index (χ3n) is 4.41. The zero-order chi connectivity index (χ0) is 21.5. The number of carbonyl (C=O) groups is 1. The molecule has 1 aliphatic rings. The molecule has 0 atom stereocenters. The van der Waals surface area contributed by atoms with Crippen molar-refractivity contribution in [2.75, 3.05) is 33.0 Å². The fourth-order valence-electron chi connectivity index (χ4n) is 3.08. The van der Waals surface area contributed by atoms with E-state index in [1.807, 2.05) is 32.0 Å². The van der Waals surface area contributed by atoms with Gasteiger partial charge in [0.15, 0.2) is 23.0 Å². The van der Waals surface area contributed by atoms with Gasteiger partial charge in [-0.3, -0.25) is 14.9 Å². The molecule has 1 heterocycles. The lowest BCUT2D eigenvalue weighted by Crippen LogP contribution is -2.27. The van der Waals surface area contributed by atoms with E-state index in [1.54, 1.807) is 0 Å². The Kier molecular flexibility index (Phi) is 6.95. The van der Waals surface area contributed by atoms with Crippen LogP contribution in [0.5, 0.6) is 23.0 Å². The highest BCUT2D eigenvalue weighted by molar-refractivity contribution is 5.99. The highest BCUT2D eigenvalue weighted by Gasteiger charge is 2.26. The van der Waals surface area contributed by atoms with E-state index in [-0.39, 0.29) is 17.0 Å². The number of fused-ring (bicyclic) bond motifs is 1. The summed E-state index contributed by atoms with van der Waals surface area (Å²) in [5.74, 6) is 1.35. The van der Waals surface area contributed by atoms with Gasteiger partial charge in [-0.1, -0.05) is 6.07 Å². The fraction of sp³-hybridized carbons (Fsp3) is 0.381. The number of benzene rings is 2. The molecule has 0 aliphatic carbocycles. The summed E-state index contributed by atoms with van der Waals surface area (Å²) < 4.78 is 22.0. The van der Waals surface area contributed by atoms with Gasteiger partial charge in [0.25, 0.3) is 11.6 Å². The minimum Gasteiger partial charge on any atom is -0.490 e. The standard InChI is InChI=1S/C21H24N2O7/c1-3-27-17-6-5-14(11-18(17)28-4-2)7-8-22-21(24)15-12-19-20(30-10-9-29-19)13-16(15)23(25)26/h5-6,11-13H,3-4,7-10H2,1-2H3,(H,22,24). The average Bonchev–Trinajstić information content (AvgIpc) is 2.74. The molecule has 0 fully saturated rings. The van der Waals surface area contributed by atoms with E-state index in [9.17, 15) is 14.9 Å². The fourth-order valence-corrected chi connectivity index (χ4v) is 3.08. The number of nitro groups is 1. The van der Waals surface area contributed by atoms with Gasteiger partial charge in [0.2, 0.25) is 0 Å². The van der Waals surface area contributed by atoms with E-state index in [1.165, 1.54) is 12.1 Å². The molecule has 30 heavy (non-hydrogen) atoms. The van der Waals surface area contributed by atoms with E-state index >= 15 is 0 Å². The molecule has 0 unspecified atom stereocenters. The number of hydrogen-bond acceptors (Lipinski definition) is 7. The summed E-state index contributed by atoms with van der Waals surface area (Å²) in [5.41, 5.74) is 0.557. The van der Waals surface area contributed by atoms with Crippen LogP contribution < -0.4 is 24.3 Å². The summed E-state index contributed by atoms with van der Waals surface area (Å²) in [6, 6.07) is 8.17. The Bertz CT molecular complexity index is 930. The van der Waals surface area contributed by atoms with Crippen LogP contribution in [-0.2, 0) is 6.42 Å². The van der Waals surface area contributed by atoms with Crippen molar-refractivity contribution in [1.82, 2.24) is 5.32 Å². The van der Waals surface area contributed by atoms with Crippen molar-refractivity contribution in [1.29, 1.82) is 0 Å². The number of nitro benzene ring substituents is 1. The van der Waals surface area contributed by atoms with E-state index < -0.39 is 10.8 Å². The van der Waals surface area contributed by atoms with Crippen LogP contribution in [0.4, 0.5) is 5.69 Å². The van der Waals surface area contributed by atoms with Crippen LogP contribution in [0.1, 0.15) is 29.8 Å². The number of hydrogen-bond donors (Lipinski definition) is 1. The van der Waals surface area contributed by atoms with Gasteiger partial charge in [-0.2, -0.15) is 0 Å². The zero-order valence-corrected chi connectivity index (χ0v) is 16.9. The minimum absolute atomic E-state index is 0.0639. The van der Waals surface area contributed by atoms with Gasteiger partial charge in [-0.05, 0) is 38.0 Å². The van der Waals surface area contributed by atoms with Crippen molar-refractivity contribution < 1.29 is 28.7 Å². The van der Waals surface area contributed by atoms with Crippen molar-refractivity contribution in [2.24, 2.45) is 0 Å². The normalized spacial score (nSPS) is 12.2. The summed E-state index contributed by atoms with van der Waals surface area (Å²) in [7, 11) is 0. The first-order chi connectivity index (χ1) is 14.5. The van der Waals surface area contributed by atoms with Crippen molar-refractivity contribution in [2.45, 2.75) is 20.3 Å². The molecule has 0 bridgehead atoms. The van der Waals surface area contributed by atoms with Crippen molar-refractivity contribution in [3.8, 4) is 23.0 Å². The maximum atomic E-state index is 12.6. The smallest absolute Gasteiger partial charge is 0.286 e. The van der Waals surface area contributed by atoms with Crippen LogP contribution in [0.15, 0.2) is 30.3 Å². The predicted molar refractivity (Wildman–Crippen MR) is 109 cm³/mol. The van der Waals surface area contributed by atoms with Crippen molar-refractivity contribution in [3.05, 3.63) is 51.6 Å². The summed E-state index contributed by atoms with van der Waals surface area (Å²) in [6.45, 7) is 5.76. The third kappa shape index (κ3) is 4.91.